The first kappa shape index (κ1) is 8.79. The summed E-state index contributed by atoms with van der Waals surface area (Å²) >= 11 is 0. The van der Waals surface area contributed by atoms with Gasteiger partial charge in [0.25, 0.3) is 5.91 Å². The van der Waals surface area contributed by atoms with Gasteiger partial charge >= 0.3 is 6.09 Å². The number of cyclic esters (lactones) is 1. The molecule has 6 heteroatoms. The lowest BCUT2D eigenvalue weighted by atomic mass is 10.5. The van der Waals surface area contributed by atoms with E-state index in [-0.39, 0.29) is 12.5 Å². The van der Waals surface area contributed by atoms with Crippen molar-refractivity contribution in [2.24, 2.45) is 0 Å². The second-order valence-corrected chi connectivity index (χ2v) is 2.27. The van der Waals surface area contributed by atoms with Crippen molar-refractivity contribution in [2.75, 3.05) is 26.8 Å². The summed E-state index contributed by atoms with van der Waals surface area (Å²) in [6, 6.07) is 0. The molecule has 1 fully saturated rings. The monoisotopic (exact) mass is 174 g/mol. The molecule has 1 aliphatic heterocycles. The Morgan fingerprint density at radius 1 is 1.83 bits per heavy atom. The number of ether oxygens (including phenoxy) is 1. The normalized spacial score (nSPS) is 16.1. The maximum Gasteiger partial charge on any atom is 0.410 e. The lowest BCUT2D eigenvalue weighted by molar-refractivity contribution is -0.131. The Hall–Kier alpha value is -1.30. The first-order valence-corrected chi connectivity index (χ1v) is 3.47. The summed E-state index contributed by atoms with van der Waals surface area (Å²) in [6.45, 7) is 0.780. The van der Waals surface area contributed by atoms with Gasteiger partial charge in [0.05, 0.1) is 13.7 Å². The van der Waals surface area contributed by atoms with Crippen LogP contribution < -0.4 is 5.48 Å². The summed E-state index contributed by atoms with van der Waals surface area (Å²) in [5.41, 5.74) is 2.10. The van der Waals surface area contributed by atoms with Crippen LogP contribution in [-0.2, 0) is 14.4 Å². The Labute approximate surface area is 69.4 Å². The molecule has 0 atom stereocenters. The summed E-state index contributed by atoms with van der Waals surface area (Å²) in [5.74, 6) is -0.364. The smallest absolute Gasteiger partial charge is 0.410 e. The Bertz CT molecular complexity index is 194. The fourth-order valence-electron chi connectivity index (χ4n) is 0.889. The predicted octanol–water partition coefficient (Wildman–Crippen LogP) is -0.884. The molecule has 1 heterocycles. The number of hydrogen-bond acceptors (Lipinski definition) is 4. The van der Waals surface area contributed by atoms with Crippen molar-refractivity contribution >= 4 is 12.0 Å². The third-order valence-electron chi connectivity index (χ3n) is 1.40. The molecule has 68 valence electrons. The second kappa shape index (κ2) is 3.91. The van der Waals surface area contributed by atoms with E-state index < -0.39 is 6.09 Å². The number of rotatable bonds is 3. The molecule has 2 amide bonds. The van der Waals surface area contributed by atoms with Crippen molar-refractivity contribution < 1.29 is 19.2 Å². The van der Waals surface area contributed by atoms with Crippen LogP contribution in [0.15, 0.2) is 0 Å². The molecule has 1 aliphatic rings. The van der Waals surface area contributed by atoms with Crippen LogP contribution in [0.1, 0.15) is 0 Å². The van der Waals surface area contributed by atoms with Gasteiger partial charge < -0.3 is 4.74 Å². The molecule has 0 aliphatic carbocycles. The van der Waals surface area contributed by atoms with Crippen LogP contribution in [-0.4, -0.2) is 43.7 Å². The molecular weight excluding hydrogens is 164 g/mol. The van der Waals surface area contributed by atoms with Gasteiger partial charge in [-0.3, -0.25) is 14.5 Å². The largest absolute Gasteiger partial charge is 0.448 e. The number of nitrogens with one attached hydrogen (secondary N) is 1. The topological polar surface area (TPSA) is 67.9 Å². The molecule has 0 aromatic heterocycles. The molecule has 0 spiro atoms. The Morgan fingerprint density at radius 2 is 2.58 bits per heavy atom. The number of carbonyl (C=O) groups excluding carboxylic acids is 2. The molecule has 12 heavy (non-hydrogen) atoms. The Balaban J connectivity index is 2.30. The van der Waals surface area contributed by atoms with Crippen LogP contribution >= 0.6 is 0 Å². The van der Waals surface area contributed by atoms with Crippen molar-refractivity contribution in [3.05, 3.63) is 0 Å². The third kappa shape index (κ3) is 2.09. The highest BCUT2D eigenvalue weighted by molar-refractivity contribution is 5.81. The van der Waals surface area contributed by atoms with E-state index >= 15 is 0 Å². The van der Waals surface area contributed by atoms with Gasteiger partial charge in [0.1, 0.15) is 13.2 Å². The van der Waals surface area contributed by atoms with E-state index in [4.69, 9.17) is 0 Å². The van der Waals surface area contributed by atoms with Crippen LogP contribution in [0, 0.1) is 0 Å². The maximum atomic E-state index is 10.9. The summed E-state index contributed by atoms with van der Waals surface area (Å²) in [4.78, 5) is 27.3. The van der Waals surface area contributed by atoms with Gasteiger partial charge in [-0.1, -0.05) is 0 Å². The molecule has 0 saturated carbocycles. The number of hydrogen-bond donors (Lipinski definition) is 1. The van der Waals surface area contributed by atoms with Gasteiger partial charge in [0.2, 0.25) is 0 Å². The van der Waals surface area contributed by atoms with Gasteiger partial charge in [-0.25, -0.2) is 10.3 Å². The summed E-state index contributed by atoms with van der Waals surface area (Å²) in [7, 11) is 1.33. The maximum absolute atomic E-state index is 10.9. The Morgan fingerprint density at radius 3 is 3.08 bits per heavy atom. The molecule has 0 radical (unpaired) electrons. The van der Waals surface area contributed by atoms with Gasteiger partial charge in [0.15, 0.2) is 0 Å². The van der Waals surface area contributed by atoms with Crippen molar-refractivity contribution in [1.29, 1.82) is 0 Å². The fraction of sp³-hybridized carbons (Fsp3) is 0.667. The number of hydroxylamine groups is 1. The van der Waals surface area contributed by atoms with Crippen LogP contribution in [0.4, 0.5) is 4.79 Å². The third-order valence-corrected chi connectivity index (χ3v) is 1.40. The standard InChI is InChI=1S/C6H10N2O4/c1-11-7-5(9)4-8-2-3-12-6(8)10/h2-4H2,1H3,(H,7,9). The average molecular weight is 174 g/mol. The van der Waals surface area contributed by atoms with E-state index in [2.05, 4.69) is 15.1 Å². The SMILES string of the molecule is CONC(=O)CN1CCOC1=O. The summed E-state index contributed by atoms with van der Waals surface area (Å²) in [5, 5.41) is 0. The predicted molar refractivity (Wildman–Crippen MR) is 38.1 cm³/mol. The first-order chi connectivity index (χ1) is 5.74. The molecule has 6 nitrogen and oxygen atoms in total. The van der Waals surface area contributed by atoms with Crippen molar-refractivity contribution in [3.63, 3.8) is 0 Å². The van der Waals surface area contributed by atoms with E-state index in [9.17, 15) is 9.59 Å². The zero-order valence-electron chi connectivity index (χ0n) is 6.70. The van der Waals surface area contributed by atoms with E-state index in [0.717, 1.165) is 0 Å². The molecule has 1 N–H and O–H groups in total. The quantitative estimate of drug-likeness (QED) is 0.564. The van der Waals surface area contributed by atoms with Crippen molar-refractivity contribution in [2.45, 2.75) is 0 Å². The average Bonchev–Trinajstić information content (AvgIpc) is 2.37. The van der Waals surface area contributed by atoms with Gasteiger partial charge in [-0.2, -0.15) is 0 Å². The number of nitrogens with zero attached hydrogens (tertiary/aromatic N) is 1. The van der Waals surface area contributed by atoms with Crippen LogP contribution in [0.25, 0.3) is 0 Å². The summed E-state index contributed by atoms with van der Waals surface area (Å²) < 4.78 is 4.61. The molecule has 0 aromatic carbocycles. The zero-order chi connectivity index (χ0) is 8.97. The fourth-order valence-corrected chi connectivity index (χ4v) is 0.889. The van der Waals surface area contributed by atoms with Crippen molar-refractivity contribution in [3.8, 4) is 0 Å². The van der Waals surface area contributed by atoms with E-state index in [1.165, 1.54) is 12.0 Å². The van der Waals surface area contributed by atoms with Gasteiger partial charge in [0, 0.05) is 0 Å². The van der Waals surface area contributed by atoms with Crippen LogP contribution in [0.5, 0.6) is 0 Å². The minimum atomic E-state index is -0.457. The summed E-state index contributed by atoms with van der Waals surface area (Å²) in [6.07, 6.45) is -0.457. The Kier molecular flexibility index (Phi) is 2.87. The highest BCUT2D eigenvalue weighted by atomic mass is 16.6. The molecule has 0 aromatic rings. The molecule has 0 unspecified atom stereocenters. The lowest BCUT2D eigenvalue weighted by Gasteiger charge is -2.10. The molecule has 0 bridgehead atoms. The van der Waals surface area contributed by atoms with Crippen LogP contribution in [0.3, 0.4) is 0 Å². The second-order valence-electron chi connectivity index (χ2n) is 2.27. The number of carbonyl (C=O) groups is 2. The number of amides is 2. The van der Waals surface area contributed by atoms with Gasteiger partial charge in [-0.15, -0.1) is 0 Å². The molecule has 1 saturated heterocycles. The van der Waals surface area contributed by atoms with Crippen molar-refractivity contribution in [1.82, 2.24) is 10.4 Å². The van der Waals surface area contributed by atoms with E-state index in [1.54, 1.807) is 0 Å². The first-order valence-electron chi connectivity index (χ1n) is 3.47. The minimum Gasteiger partial charge on any atom is -0.448 e. The molecular formula is C6H10N2O4. The highest BCUT2D eigenvalue weighted by Crippen LogP contribution is 2.01. The van der Waals surface area contributed by atoms with Gasteiger partial charge in [-0.05, 0) is 0 Å². The minimum absolute atomic E-state index is 0.0212. The lowest BCUT2D eigenvalue weighted by Crippen LogP contribution is -2.37. The van der Waals surface area contributed by atoms with E-state index in [0.29, 0.717) is 13.2 Å². The van der Waals surface area contributed by atoms with E-state index in [1.807, 2.05) is 0 Å². The highest BCUT2D eigenvalue weighted by Gasteiger charge is 2.23. The zero-order valence-corrected chi connectivity index (χ0v) is 6.70. The molecule has 1 rings (SSSR count). The van der Waals surface area contributed by atoms with Crippen LogP contribution in [0.2, 0.25) is 0 Å².